The Morgan fingerprint density at radius 3 is 2.74 bits per heavy atom. The molecule has 0 radical (unpaired) electrons. The monoisotopic (exact) mass is 442 g/mol. The third-order valence-electron chi connectivity index (χ3n) is 4.45. The van der Waals surface area contributed by atoms with E-state index in [0.717, 1.165) is 16.2 Å². The fourth-order valence-electron chi connectivity index (χ4n) is 2.90. The lowest BCUT2D eigenvalue weighted by molar-refractivity contribution is 0.211. The second kappa shape index (κ2) is 9.40. The number of carbonyl (C=O) groups excluding carboxylic acids is 1. The van der Waals surface area contributed by atoms with Crippen LogP contribution in [0.25, 0.3) is 16.7 Å². The minimum absolute atomic E-state index is 0.116. The first kappa shape index (κ1) is 22.0. The number of rotatable bonds is 6. The molecule has 0 atom stereocenters. The first-order chi connectivity index (χ1) is 14.8. The van der Waals surface area contributed by atoms with E-state index in [0.29, 0.717) is 18.0 Å². The molecule has 1 aromatic carbocycles. The van der Waals surface area contributed by atoms with Crippen LogP contribution in [0.15, 0.2) is 66.0 Å². The van der Waals surface area contributed by atoms with Gasteiger partial charge < -0.3 is 10.6 Å². The van der Waals surface area contributed by atoms with Gasteiger partial charge in [0.2, 0.25) is 0 Å². The smallest absolute Gasteiger partial charge is 0.336 e. The van der Waals surface area contributed by atoms with Crippen molar-refractivity contribution < 1.29 is 9.18 Å². The Labute approximate surface area is 182 Å². The Morgan fingerprint density at radius 2 is 2.10 bits per heavy atom. The van der Waals surface area contributed by atoms with Gasteiger partial charge in [0, 0.05) is 24.2 Å². The topological polar surface area (TPSA) is 110 Å². The minimum Gasteiger partial charge on any atom is -0.405 e. The van der Waals surface area contributed by atoms with Crippen molar-refractivity contribution >= 4 is 34.4 Å². The van der Waals surface area contributed by atoms with E-state index in [2.05, 4.69) is 21.5 Å². The van der Waals surface area contributed by atoms with Gasteiger partial charge in [-0.2, -0.15) is 0 Å². The summed E-state index contributed by atoms with van der Waals surface area (Å²) in [6.45, 7) is 3.56. The molecule has 0 fully saturated rings. The molecule has 0 unspecified atom stereocenters. The molecule has 3 aromatic rings. The highest BCUT2D eigenvalue weighted by atomic mass is 35.5. The van der Waals surface area contributed by atoms with Gasteiger partial charge in [-0.25, -0.2) is 28.5 Å². The van der Waals surface area contributed by atoms with Crippen LogP contribution in [0.3, 0.4) is 0 Å². The van der Waals surface area contributed by atoms with E-state index >= 15 is 0 Å². The molecule has 10 heteroatoms. The summed E-state index contributed by atoms with van der Waals surface area (Å²) in [4.78, 5) is 37.6. The highest BCUT2D eigenvalue weighted by molar-refractivity contribution is 6.30. The third kappa shape index (κ3) is 5.07. The average Bonchev–Trinajstić information content (AvgIpc) is 3.06. The fourth-order valence-corrected chi connectivity index (χ4v) is 3.03. The van der Waals surface area contributed by atoms with Crippen LogP contribution in [0.5, 0.6) is 0 Å². The number of aromatic amines is 1. The zero-order valence-electron chi connectivity index (χ0n) is 16.7. The number of likely N-dealkylation sites (N-methyl/N-ethyl adjacent to an activating group) is 1. The summed E-state index contributed by atoms with van der Waals surface area (Å²) in [5.41, 5.74) is 6.33. The van der Waals surface area contributed by atoms with E-state index in [1.54, 1.807) is 19.2 Å². The number of imidazole rings is 1. The van der Waals surface area contributed by atoms with Crippen molar-refractivity contribution in [3.8, 4) is 0 Å². The third-order valence-corrected chi connectivity index (χ3v) is 4.70. The number of aromatic nitrogens is 4. The van der Waals surface area contributed by atoms with Crippen molar-refractivity contribution in [3.05, 3.63) is 88.1 Å². The zero-order chi connectivity index (χ0) is 22.5. The molecule has 8 nitrogen and oxygen atoms in total. The first-order valence-corrected chi connectivity index (χ1v) is 9.60. The Kier molecular flexibility index (Phi) is 6.66. The number of hydrogen-bond donors (Lipinski definition) is 2. The molecular weight excluding hydrogens is 423 g/mol. The second-order valence-corrected chi connectivity index (χ2v) is 7.12. The van der Waals surface area contributed by atoms with Crippen molar-refractivity contribution in [2.45, 2.75) is 6.42 Å². The lowest BCUT2D eigenvalue weighted by Gasteiger charge is -2.17. The Hall–Kier alpha value is -3.72. The largest absolute Gasteiger partial charge is 0.405 e. The van der Waals surface area contributed by atoms with E-state index in [9.17, 15) is 14.0 Å². The number of nitrogens with one attached hydrogen (secondary N) is 1. The van der Waals surface area contributed by atoms with Gasteiger partial charge in [-0.05, 0) is 42.5 Å². The van der Waals surface area contributed by atoms with Crippen LogP contribution in [-0.2, 0) is 6.42 Å². The van der Waals surface area contributed by atoms with Gasteiger partial charge in [0.25, 0.3) is 0 Å². The maximum absolute atomic E-state index is 13.2. The number of allylic oxidation sites excluding steroid dienone is 4. The maximum atomic E-state index is 13.2. The number of fused-ring (bicyclic) bond motifs is 1. The highest BCUT2D eigenvalue weighted by Gasteiger charge is 2.19. The number of nitrogens with zero attached hydrogens (tertiary/aromatic N) is 4. The molecule has 0 aliphatic carbocycles. The summed E-state index contributed by atoms with van der Waals surface area (Å²) < 4.78 is 14.2. The van der Waals surface area contributed by atoms with E-state index in [4.69, 9.17) is 17.3 Å². The summed E-state index contributed by atoms with van der Waals surface area (Å²) in [7, 11) is 1.60. The van der Waals surface area contributed by atoms with Gasteiger partial charge in [-0.1, -0.05) is 30.3 Å². The van der Waals surface area contributed by atoms with Crippen LogP contribution in [-0.4, -0.2) is 44.0 Å². The summed E-state index contributed by atoms with van der Waals surface area (Å²) in [5, 5.41) is 0.633. The number of amides is 1. The normalized spacial score (nSPS) is 11.9. The average molecular weight is 443 g/mol. The van der Waals surface area contributed by atoms with Gasteiger partial charge in [0.05, 0.1) is 6.20 Å². The highest BCUT2D eigenvalue weighted by Crippen LogP contribution is 2.17. The number of benzene rings is 1. The molecule has 2 heterocycles. The van der Waals surface area contributed by atoms with Crippen LogP contribution in [0.2, 0.25) is 5.02 Å². The second-order valence-electron chi connectivity index (χ2n) is 6.68. The number of halogens is 2. The van der Waals surface area contributed by atoms with E-state index in [-0.39, 0.29) is 22.6 Å². The summed E-state index contributed by atoms with van der Waals surface area (Å²) in [6.07, 6.45) is 5.62. The zero-order valence-corrected chi connectivity index (χ0v) is 17.4. The molecule has 2 aromatic heterocycles. The van der Waals surface area contributed by atoms with Crippen LogP contribution in [0.4, 0.5) is 9.18 Å². The van der Waals surface area contributed by atoms with E-state index in [1.165, 1.54) is 23.4 Å². The van der Waals surface area contributed by atoms with Crippen molar-refractivity contribution in [1.29, 1.82) is 0 Å². The summed E-state index contributed by atoms with van der Waals surface area (Å²) in [5.74, 6) is -0.592. The maximum Gasteiger partial charge on any atom is 0.336 e. The van der Waals surface area contributed by atoms with Crippen LogP contribution in [0, 0.1) is 0 Å². The van der Waals surface area contributed by atoms with Crippen LogP contribution < -0.4 is 11.4 Å². The molecule has 0 saturated heterocycles. The van der Waals surface area contributed by atoms with Gasteiger partial charge in [-0.15, -0.1) is 0 Å². The molecule has 0 aliphatic rings. The standard InChI is InChI=1S/C21H20ClFN6O2/c1-13(23)11-15(7-9-24)18-25-12-17-19(26-18)27-20(30)29(17)21(31)28(2)10-8-14-3-5-16(22)6-4-14/h3-7,9,11-12H,1,8,10,24H2,2H3,(H,25,26,27,30)/b9-7-,15-11+. The van der Waals surface area contributed by atoms with Gasteiger partial charge >= 0.3 is 11.7 Å². The quantitative estimate of drug-likeness (QED) is 0.569. The number of carbonyl (C=O) groups is 1. The molecule has 3 rings (SSSR count). The molecule has 31 heavy (non-hydrogen) atoms. The predicted octanol–water partition coefficient (Wildman–Crippen LogP) is 3.25. The SMILES string of the molecule is C=C(F)/C=C(\C=C/N)c1ncc2c(n1)[nH]c(=O)n2C(=O)N(C)CCc1ccc(Cl)cc1. The van der Waals surface area contributed by atoms with Crippen LogP contribution >= 0.6 is 11.6 Å². The lowest BCUT2D eigenvalue weighted by Crippen LogP contribution is -2.37. The van der Waals surface area contributed by atoms with E-state index < -0.39 is 17.5 Å². The Bertz CT molecular complexity index is 1240. The van der Waals surface area contributed by atoms with Gasteiger partial charge in [0.15, 0.2) is 11.5 Å². The van der Waals surface area contributed by atoms with Gasteiger partial charge in [0.1, 0.15) is 11.3 Å². The number of H-pyrrole nitrogens is 1. The molecule has 0 saturated carbocycles. The van der Waals surface area contributed by atoms with Crippen molar-refractivity contribution in [2.75, 3.05) is 13.6 Å². The first-order valence-electron chi connectivity index (χ1n) is 9.22. The Balaban J connectivity index is 1.87. The predicted molar refractivity (Wildman–Crippen MR) is 118 cm³/mol. The van der Waals surface area contributed by atoms with Crippen molar-refractivity contribution in [2.24, 2.45) is 5.73 Å². The van der Waals surface area contributed by atoms with Gasteiger partial charge in [-0.3, -0.25) is 4.98 Å². The molecule has 3 N–H and O–H groups in total. The number of hydrogen-bond acceptors (Lipinski definition) is 5. The lowest BCUT2D eigenvalue weighted by atomic mass is 10.1. The minimum atomic E-state index is -0.708. The molecular formula is C21H20ClFN6O2. The summed E-state index contributed by atoms with van der Waals surface area (Å²) in [6, 6.07) is 6.77. The number of nitrogens with two attached hydrogens (primary N) is 1. The van der Waals surface area contributed by atoms with Crippen LogP contribution in [0.1, 0.15) is 11.4 Å². The molecule has 0 spiro atoms. The van der Waals surface area contributed by atoms with E-state index in [1.807, 2.05) is 12.1 Å². The molecule has 160 valence electrons. The van der Waals surface area contributed by atoms with Crippen molar-refractivity contribution in [3.63, 3.8) is 0 Å². The molecule has 0 bridgehead atoms. The summed E-state index contributed by atoms with van der Waals surface area (Å²) >= 11 is 5.88. The fraction of sp³-hybridized carbons (Fsp3) is 0.143. The van der Waals surface area contributed by atoms with Crippen molar-refractivity contribution in [1.82, 2.24) is 24.4 Å². The molecule has 0 aliphatic heterocycles. The Morgan fingerprint density at radius 1 is 1.39 bits per heavy atom. The molecule has 1 amide bonds.